The van der Waals surface area contributed by atoms with Gasteiger partial charge in [-0.2, -0.15) is 4.31 Å². The van der Waals surface area contributed by atoms with E-state index < -0.39 is 10.0 Å². The number of piperazine rings is 1. The second-order valence-electron chi connectivity index (χ2n) is 9.50. The first-order valence-electron chi connectivity index (χ1n) is 11.7. The monoisotopic (exact) mass is 463 g/mol. The molecule has 3 atom stereocenters. The summed E-state index contributed by atoms with van der Waals surface area (Å²) < 4.78 is 27.6. The van der Waals surface area contributed by atoms with Crippen molar-refractivity contribution >= 4 is 21.8 Å². The molecule has 0 aromatic heterocycles. The van der Waals surface area contributed by atoms with Gasteiger partial charge in [-0.1, -0.05) is 38.8 Å². The van der Waals surface area contributed by atoms with E-state index in [1.54, 1.807) is 17.9 Å². The van der Waals surface area contributed by atoms with Crippen molar-refractivity contribution in [2.75, 3.05) is 26.2 Å². The van der Waals surface area contributed by atoms with Crippen molar-refractivity contribution in [3.63, 3.8) is 0 Å². The molecule has 178 valence electrons. The minimum Gasteiger partial charge on any atom is -0.353 e. The summed E-state index contributed by atoms with van der Waals surface area (Å²) in [7, 11) is -3.59. The Morgan fingerprint density at radius 1 is 1.03 bits per heavy atom. The third-order valence-corrected chi connectivity index (χ3v) is 9.21. The summed E-state index contributed by atoms with van der Waals surface area (Å²) in [5.74, 6) is 0.900. The maximum absolute atomic E-state index is 13.1. The van der Waals surface area contributed by atoms with Crippen molar-refractivity contribution in [1.82, 2.24) is 14.5 Å². The number of hydrogen-bond donors (Lipinski definition) is 1. The van der Waals surface area contributed by atoms with Gasteiger partial charge in [0.2, 0.25) is 21.8 Å². The summed E-state index contributed by atoms with van der Waals surface area (Å²) >= 11 is 0. The number of amides is 2. The van der Waals surface area contributed by atoms with Crippen LogP contribution in [0.15, 0.2) is 23.1 Å². The van der Waals surface area contributed by atoms with Crippen LogP contribution in [-0.2, 0) is 19.6 Å². The molecule has 1 aliphatic heterocycles. The molecule has 0 radical (unpaired) electrons. The first kappa shape index (κ1) is 24.7. The van der Waals surface area contributed by atoms with Gasteiger partial charge in [0.05, 0.1) is 4.90 Å². The van der Waals surface area contributed by atoms with Crippen molar-refractivity contribution < 1.29 is 18.0 Å². The van der Waals surface area contributed by atoms with Crippen LogP contribution in [0.4, 0.5) is 0 Å². The molecule has 7 nitrogen and oxygen atoms in total. The molecule has 2 fully saturated rings. The Morgan fingerprint density at radius 2 is 1.72 bits per heavy atom. The van der Waals surface area contributed by atoms with Gasteiger partial charge >= 0.3 is 0 Å². The van der Waals surface area contributed by atoms with E-state index in [9.17, 15) is 18.0 Å². The van der Waals surface area contributed by atoms with E-state index in [2.05, 4.69) is 19.2 Å². The highest BCUT2D eigenvalue weighted by atomic mass is 32.2. The van der Waals surface area contributed by atoms with Crippen LogP contribution in [-0.4, -0.2) is 61.7 Å². The van der Waals surface area contributed by atoms with Crippen molar-refractivity contribution in [1.29, 1.82) is 0 Å². The van der Waals surface area contributed by atoms with E-state index in [0.29, 0.717) is 29.8 Å². The zero-order valence-electron chi connectivity index (χ0n) is 19.8. The minimum atomic E-state index is -3.59. The average molecular weight is 464 g/mol. The Labute approximate surface area is 192 Å². The van der Waals surface area contributed by atoms with Crippen molar-refractivity contribution in [2.24, 2.45) is 11.8 Å². The number of nitrogens with zero attached hydrogens (tertiary/aromatic N) is 2. The number of nitrogens with one attached hydrogen (secondary N) is 1. The van der Waals surface area contributed by atoms with Gasteiger partial charge in [-0.3, -0.25) is 9.59 Å². The number of benzene rings is 1. The topological polar surface area (TPSA) is 86.8 Å². The molecule has 1 saturated heterocycles. The molecule has 1 heterocycles. The fraction of sp³-hybridized carbons (Fsp3) is 0.667. The zero-order valence-corrected chi connectivity index (χ0v) is 20.6. The fourth-order valence-corrected chi connectivity index (χ4v) is 6.48. The van der Waals surface area contributed by atoms with Gasteiger partial charge in [-0.05, 0) is 49.3 Å². The highest BCUT2D eigenvalue weighted by molar-refractivity contribution is 7.89. The fourth-order valence-electron chi connectivity index (χ4n) is 4.75. The van der Waals surface area contributed by atoms with Gasteiger partial charge in [0, 0.05) is 45.1 Å². The highest BCUT2D eigenvalue weighted by Crippen LogP contribution is 2.29. The van der Waals surface area contributed by atoms with Crippen molar-refractivity contribution in [3.8, 4) is 0 Å². The average Bonchev–Trinajstić information content (AvgIpc) is 2.77. The normalized spacial score (nSPS) is 24.9. The molecule has 2 amide bonds. The van der Waals surface area contributed by atoms with Crippen LogP contribution in [0.1, 0.15) is 57.1 Å². The molecule has 0 bridgehead atoms. The summed E-state index contributed by atoms with van der Waals surface area (Å²) in [5.41, 5.74) is 1.63. The van der Waals surface area contributed by atoms with Crippen LogP contribution in [0.5, 0.6) is 0 Å². The van der Waals surface area contributed by atoms with Gasteiger partial charge in [0.1, 0.15) is 0 Å². The number of rotatable bonds is 6. The van der Waals surface area contributed by atoms with E-state index >= 15 is 0 Å². The molecule has 1 saturated carbocycles. The first-order chi connectivity index (χ1) is 15.1. The van der Waals surface area contributed by atoms with Crippen molar-refractivity contribution in [3.05, 3.63) is 29.3 Å². The highest BCUT2D eigenvalue weighted by Gasteiger charge is 2.32. The second-order valence-corrected chi connectivity index (χ2v) is 11.4. The standard InChI is InChI=1S/C24H37N3O4S/c1-17-8-9-19(3)22(16-17)32(30,31)27-14-12-26(13-15-27)24(29)11-10-23(28)25-21-7-5-6-18(2)20(21)4/h8-9,16,18,20-21H,5-7,10-15H2,1-4H3,(H,25,28)/t18-,20+,21+/m0/s1. The van der Waals surface area contributed by atoms with Gasteiger partial charge in [0.25, 0.3) is 0 Å². The lowest BCUT2D eigenvalue weighted by Crippen LogP contribution is -2.50. The second kappa shape index (κ2) is 10.3. The maximum atomic E-state index is 13.1. The third-order valence-electron chi connectivity index (χ3n) is 7.17. The lowest BCUT2D eigenvalue weighted by molar-refractivity contribution is -0.134. The molecule has 2 aliphatic rings. The Kier molecular flexibility index (Phi) is 7.98. The smallest absolute Gasteiger partial charge is 0.243 e. The lowest BCUT2D eigenvalue weighted by atomic mass is 9.78. The summed E-state index contributed by atoms with van der Waals surface area (Å²) in [6, 6.07) is 5.62. The van der Waals surface area contributed by atoms with Crippen LogP contribution in [0, 0.1) is 25.7 Å². The Bertz CT molecular complexity index is 939. The Balaban J connectivity index is 1.48. The van der Waals surface area contributed by atoms with Crippen LogP contribution >= 0.6 is 0 Å². The molecular weight excluding hydrogens is 426 g/mol. The van der Waals surface area contributed by atoms with E-state index in [4.69, 9.17) is 0 Å². The molecule has 1 aromatic rings. The molecule has 0 spiro atoms. The molecule has 1 aliphatic carbocycles. The third kappa shape index (κ3) is 5.70. The van der Waals surface area contributed by atoms with Crippen LogP contribution in [0.3, 0.4) is 0 Å². The zero-order chi connectivity index (χ0) is 23.5. The van der Waals surface area contributed by atoms with Gasteiger partial charge in [-0.25, -0.2) is 8.42 Å². The summed E-state index contributed by atoms with van der Waals surface area (Å²) in [5, 5.41) is 3.12. The maximum Gasteiger partial charge on any atom is 0.243 e. The Morgan fingerprint density at radius 3 is 2.41 bits per heavy atom. The van der Waals surface area contributed by atoms with E-state index in [1.165, 1.54) is 10.7 Å². The van der Waals surface area contributed by atoms with E-state index in [-0.39, 0.29) is 43.8 Å². The molecule has 1 aromatic carbocycles. The minimum absolute atomic E-state index is 0.0690. The molecule has 1 N–H and O–H groups in total. The quantitative estimate of drug-likeness (QED) is 0.703. The summed E-state index contributed by atoms with van der Waals surface area (Å²) in [6.07, 6.45) is 3.67. The van der Waals surface area contributed by atoms with Crippen LogP contribution in [0.2, 0.25) is 0 Å². The molecular formula is C24H37N3O4S. The number of aryl methyl sites for hydroxylation is 2. The van der Waals surface area contributed by atoms with Crippen LogP contribution < -0.4 is 5.32 Å². The van der Waals surface area contributed by atoms with E-state index in [0.717, 1.165) is 24.0 Å². The van der Waals surface area contributed by atoms with Crippen LogP contribution in [0.25, 0.3) is 0 Å². The van der Waals surface area contributed by atoms with Gasteiger partial charge < -0.3 is 10.2 Å². The number of sulfonamides is 1. The molecule has 3 rings (SSSR count). The van der Waals surface area contributed by atoms with Crippen molar-refractivity contribution in [2.45, 2.75) is 70.7 Å². The number of carbonyl (C=O) groups excluding carboxylic acids is 2. The summed E-state index contributed by atoms with van der Waals surface area (Å²) in [4.78, 5) is 27.0. The van der Waals surface area contributed by atoms with Gasteiger partial charge in [-0.15, -0.1) is 0 Å². The molecule has 32 heavy (non-hydrogen) atoms. The molecule has 0 unspecified atom stereocenters. The van der Waals surface area contributed by atoms with E-state index in [1.807, 2.05) is 19.1 Å². The summed E-state index contributed by atoms with van der Waals surface area (Å²) in [6.45, 7) is 9.32. The first-order valence-corrected chi connectivity index (χ1v) is 13.2. The van der Waals surface area contributed by atoms with Gasteiger partial charge in [0.15, 0.2) is 0 Å². The SMILES string of the molecule is Cc1ccc(C)c(S(=O)(=O)N2CCN(C(=O)CCC(=O)N[C@@H]3CCC[C@H](C)[C@H]3C)CC2)c1. The molecule has 8 heteroatoms. The Hall–Kier alpha value is -1.93. The number of hydrogen-bond acceptors (Lipinski definition) is 4. The predicted molar refractivity (Wildman–Crippen MR) is 125 cm³/mol. The lowest BCUT2D eigenvalue weighted by Gasteiger charge is -2.35. The largest absolute Gasteiger partial charge is 0.353 e. The predicted octanol–water partition coefficient (Wildman–Crippen LogP) is 2.86. The number of carbonyl (C=O) groups is 2.